The summed E-state index contributed by atoms with van der Waals surface area (Å²) in [6.07, 6.45) is 0. The number of hydrogen-bond acceptors (Lipinski definition) is 9. The number of aromatic hydroxyl groups is 4. The van der Waals surface area contributed by atoms with E-state index in [9.17, 15) is 19.6 Å². The smallest absolute Gasteiger partial charge is 0.508 e. The zero-order valence-electron chi connectivity index (χ0n) is 39.1. The molecule has 358 valence electrons. The number of fused-ring (bicyclic) bond motifs is 6. The molecule has 0 spiro atoms. The standard InChI is InChI=1S/C31H23O4P.C13H10O2.C12H8O2P.C6H6O/c32-25-18-14-23(15-19-25)31(22-8-2-1-3-9-22,24-16-20-26(33)21-17-24)36(34)30-13-7-5-11-28(30)27-10-4-6-12-29(27)35-36;14-12-8-6-11(7-9-12)13(15)10-4-2-1-3-5-10;13-15-12-8-4-2-6-10(12)9-5-1-3-7-11(9)14-15;7-6-4-2-1-3-5-6/h1-21,32-33H;1-9,14H;1-8H;1-5,7H/q;;+1;. The highest BCUT2D eigenvalue weighted by Crippen LogP contribution is 2.71. The molecule has 0 aliphatic carbocycles. The summed E-state index contributed by atoms with van der Waals surface area (Å²) in [5.41, 5.74) is 5.88. The fourth-order valence-corrected chi connectivity index (χ4v) is 13.2. The Bertz CT molecular complexity index is 3710. The second kappa shape index (κ2) is 22.0. The quantitative estimate of drug-likeness (QED) is 0.0551. The lowest BCUT2D eigenvalue weighted by molar-refractivity contribution is 0.103. The summed E-state index contributed by atoms with van der Waals surface area (Å²) < 4.78 is 39.7. The topological polar surface area (TPSA) is 154 Å². The fraction of sp³-hybridized carbons (Fsp3) is 0.0161. The van der Waals surface area contributed by atoms with Crippen molar-refractivity contribution >= 4 is 47.6 Å². The summed E-state index contributed by atoms with van der Waals surface area (Å²) in [7, 11) is -5.58. The SMILES string of the molecule is O=C(c1ccccc1)c1ccc(O)cc1.O=P1(C(c2ccccc2)(c2ccc(O)cc2)c2ccc(O)cc2)Oc2ccccc2-c2ccccc21.O=[p+]1oc2ccccc2c2ccccc21.Oc1ccccc1. The Kier molecular flexibility index (Phi) is 14.7. The van der Waals surface area contributed by atoms with Gasteiger partial charge in [0.2, 0.25) is 5.12 Å². The summed E-state index contributed by atoms with van der Waals surface area (Å²) in [6, 6.07) is 77.9. The van der Waals surface area contributed by atoms with Crippen LogP contribution in [-0.4, -0.2) is 26.2 Å². The van der Waals surface area contributed by atoms with Gasteiger partial charge in [0.15, 0.2) is 11.4 Å². The first-order valence-electron chi connectivity index (χ1n) is 23.2. The molecule has 0 amide bonds. The lowest BCUT2D eigenvalue weighted by Crippen LogP contribution is -2.37. The lowest BCUT2D eigenvalue weighted by atomic mass is 9.84. The van der Waals surface area contributed by atoms with Crippen LogP contribution in [0.5, 0.6) is 28.7 Å². The normalized spacial score (nSPS) is 13.5. The number of phenols is 4. The van der Waals surface area contributed by atoms with Gasteiger partial charge in [-0.05, 0) is 118 Å². The van der Waals surface area contributed by atoms with Gasteiger partial charge in [-0.2, -0.15) is 0 Å². The van der Waals surface area contributed by atoms with E-state index in [1.807, 2.05) is 152 Å². The molecule has 2 unspecified atom stereocenters. The van der Waals surface area contributed by atoms with Crippen LogP contribution in [0, 0.1) is 0 Å². The molecule has 11 heteroatoms. The lowest BCUT2D eigenvalue weighted by Gasteiger charge is -2.44. The molecule has 9 nitrogen and oxygen atoms in total. The Labute approximate surface area is 422 Å². The molecule has 2 atom stereocenters. The summed E-state index contributed by atoms with van der Waals surface area (Å²) in [5, 5.41) is 40.1. The minimum absolute atomic E-state index is 0.0319. The highest BCUT2D eigenvalue weighted by Gasteiger charge is 2.58. The van der Waals surface area contributed by atoms with Gasteiger partial charge in [-0.15, -0.1) is 0 Å². The maximum absolute atomic E-state index is 15.9. The van der Waals surface area contributed by atoms with Gasteiger partial charge >= 0.3 is 7.65 Å². The van der Waals surface area contributed by atoms with Gasteiger partial charge in [0.05, 0.1) is 5.30 Å². The van der Waals surface area contributed by atoms with E-state index in [1.54, 1.807) is 97.1 Å². The van der Waals surface area contributed by atoms with Crippen molar-refractivity contribution in [3.05, 3.63) is 289 Å². The number of carbonyl (C=O) groups excluding carboxylic acids is 1. The van der Waals surface area contributed by atoms with Crippen molar-refractivity contribution in [1.29, 1.82) is 0 Å². The zero-order valence-corrected chi connectivity index (χ0v) is 40.8. The third-order valence-electron chi connectivity index (χ3n) is 12.2. The number of carbonyl (C=O) groups is 1. The van der Waals surface area contributed by atoms with Gasteiger partial charge in [-0.3, -0.25) is 9.36 Å². The molecule has 1 aliphatic heterocycles. The summed E-state index contributed by atoms with van der Waals surface area (Å²) in [5.74, 6) is 1.23. The molecular weight excluding hydrogens is 951 g/mol. The maximum Gasteiger partial charge on any atom is 0.597 e. The van der Waals surface area contributed by atoms with E-state index in [0.717, 1.165) is 32.6 Å². The fourth-order valence-electron chi connectivity index (χ4n) is 8.82. The number of rotatable bonds is 6. The van der Waals surface area contributed by atoms with Crippen molar-refractivity contribution in [3.8, 4) is 39.9 Å². The average molecular weight is 998 g/mol. The van der Waals surface area contributed by atoms with Crippen LogP contribution in [0.3, 0.4) is 0 Å². The van der Waals surface area contributed by atoms with Crippen LogP contribution in [0.1, 0.15) is 32.6 Å². The van der Waals surface area contributed by atoms with Crippen molar-refractivity contribution in [2.45, 2.75) is 5.16 Å². The van der Waals surface area contributed by atoms with Gasteiger partial charge in [-0.1, -0.05) is 170 Å². The van der Waals surface area contributed by atoms with Gasteiger partial charge in [0.1, 0.15) is 33.9 Å². The molecule has 11 aromatic rings. The Morgan fingerprint density at radius 1 is 0.411 bits per heavy atom. The van der Waals surface area contributed by atoms with Crippen molar-refractivity contribution in [2.75, 3.05) is 0 Å². The Hall–Kier alpha value is -9.00. The molecule has 10 aromatic carbocycles. The van der Waals surface area contributed by atoms with E-state index < -0.39 is 20.2 Å². The van der Waals surface area contributed by atoms with Crippen LogP contribution in [-0.2, 0) is 14.3 Å². The second-order valence-corrected chi connectivity index (χ2v) is 20.4. The molecule has 0 bridgehead atoms. The van der Waals surface area contributed by atoms with Crippen LogP contribution < -0.4 is 9.83 Å². The molecule has 1 aromatic heterocycles. The van der Waals surface area contributed by atoms with Crippen LogP contribution in [0.15, 0.2) is 265 Å². The Morgan fingerprint density at radius 2 is 0.836 bits per heavy atom. The number of benzene rings is 10. The van der Waals surface area contributed by atoms with E-state index in [0.29, 0.717) is 44.6 Å². The third kappa shape index (κ3) is 10.3. The molecular formula is C62H47O9P2+. The second-order valence-electron chi connectivity index (χ2n) is 16.8. The number of hydrogen-bond donors (Lipinski definition) is 4. The highest BCUT2D eigenvalue weighted by atomic mass is 31.2. The number of ketones is 1. The molecule has 0 fully saturated rings. The van der Waals surface area contributed by atoms with E-state index in [2.05, 4.69) is 0 Å². The van der Waals surface area contributed by atoms with Crippen LogP contribution >= 0.6 is 15.0 Å². The number of phenolic OH excluding ortho intramolecular Hbond substituents is 4. The minimum Gasteiger partial charge on any atom is -0.508 e. The number of para-hydroxylation sites is 3. The Balaban J connectivity index is 0.000000144. The van der Waals surface area contributed by atoms with Gasteiger partial charge < -0.3 is 24.9 Å². The first-order valence-corrected chi connectivity index (χ1v) is 26.0. The van der Waals surface area contributed by atoms with Gasteiger partial charge in [-0.25, -0.2) is 4.20 Å². The molecule has 0 saturated carbocycles. The van der Waals surface area contributed by atoms with Crippen molar-refractivity contribution in [2.24, 2.45) is 0 Å². The van der Waals surface area contributed by atoms with Gasteiger partial charge in [0, 0.05) is 27.5 Å². The van der Waals surface area contributed by atoms with Crippen molar-refractivity contribution < 1.29 is 43.1 Å². The summed E-state index contributed by atoms with van der Waals surface area (Å²) >= 11 is 0. The summed E-state index contributed by atoms with van der Waals surface area (Å²) in [6.45, 7) is 0. The molecule has 2 heterocycles. The average Bonchev–Trinajstić information content (AvgIpc) is 3.44. The predicted octanol–water partition coefficient (Wildman–Crippen LogP) is 15.4. The molecule has 12 rings (SSSR count). The van der Waals surface area contributed by atoms with Crippen LogP contribution in [0.2, 0.25) is 0 Å². The monoisotopic (exact) mass is 997 g/mol. The first-order chi connectivity index (χ1) is 35.6. The Morgan fingerprint density at radius 3 is 1.42 bits per heavy atom. The minimum atomic E-state index is -3.84. The molecule has 1 aliphatic rings. The maximum atomic E-state index is 15.9. The van der Waals surface area contributed by atoms with Crippen LogP contribution in [0.4, 0.5) is 0 Å². The van der Waals surface area contributed by atoms with E-state index in [1.165, 1.54) is 12.1 Å². The van der Waals surface area contributed by atoms with Crippen molar-refractivity contribution in [3.63, 3.8) is 0 Å². The first kappa shape index (κ1) is 49.0. The molecule has 73 heavy (non-hydrogen) atoms. The van der Waals surface area contributed by atoms with Crippen LogP contribution in [0.25, 0.3) is 32.6 Å². The summed E-state index contributed by atoms with van der Waals surface area (Å²) in [4.78, 5) is 11.9. The van der Waals surface area contributed by atoms with Crippen molar-refractivity contribution in [1.82, 2.24) is 0 Å². The predicted molar refractivity (Wildman–Crippen MR) is 290 cm³/mol. The van der Waals surface area contributed by atoms with E-state index >= 15 is 4.57 Å². The zero-order chi connectivity index (χ0) is 50.8. The molecule has 4 N–H and O–H groups in total. The molecule has 0 saturated heterocycles. The highest BCUT2D eigenvalue weighted by molar-refractivity contribution is 7.69. The van der Waals surface area contributed by atoms with E-state index in [4.69, 9.17) is 18.9 Å². The molecule has 0 radical (unpaired) electrons. The third-order valence-corrected chi connectivity index (χ3v) is 16.5. The van der Waals surface area contributed by atoms with Gasteiger partial charge in [0.25, 0.3) is 7.37 Å². The largest absolute Gasteiger partial charge is 0.597 e. The van der Waals surface area contributed by atoms with E-state index in [-0.39, 0.29) is 23.0 Å².